The van der Waals surface area contributed by atoms with Gasteiger partial charge >= 0.3 is 0 Å². The van der Waals surface area contributed by atoms with Gasteiger partial charge < -0.3 is 5.32 Å². The number of amides is 1. The van der Waals surface area contributed by atoms with Crippen LogP contribution in [0.5, 0.6) is 0 Å². The lowest BCUT2D eigenvalue weighted by atomic mass is 10.1. The van der Waals surface area contributed by atoms with Gasteiger partial charge in [0.25, 0.3) is 0 Å². The molecule has 0 aromatic rings. The molecule has 0 bridgehead atoms. The molecule has 2 heteroatoms. The van der Waals surface area contributed by atoms with Crippen LogP contribution >= 0.6 is 0 Å². The maximum Gasteiger partial charge on any atom is 0.219 e. The van der Waals surface area contributed by atoms with Crippen LogP contribution in [-0.2, 0) is 4.79 Å². The third-order valence-corrected chi connectivity index (χ3v) is 1.96. The van der Waals surface area contributed by atoms with Crippen LogP contribution < -0.4 is 5.32 Å². The molecule has 0 spiro atoms. The number of terminal acetylenes is 1. The molecule has 0 aromatic carbocycles. The summed E-state index contributed by atoms with van der Waals surface area (Å²) >= 11 is 0. The fourth-order valence-corrected chi connectivity index (χ4v) is 1.22. The zero-order valence-electron chi connectivity index (χ0n) is 8.60. The minimum Gasteiger partial charge on any atom is -0.353 e. The van der Waals surface area contributed by atoms with Gasteiger partial charge in [-0.2, -0.15) is 0 Å². The van der Waals surface area contributed by atoms with Gasteiger partial charge in [-0.3, -0.25) is 4.79 Å². The number of carbonyl (C=O) groups excluding carboxylic acids is 1. The number of hydrogen-bond acceptors (Lipinski definition) is 1. The maximum absolute atomic E-state index is 11.1. The van der Waals surface area contributed by atoms with E-state index in [4.69, 9.17) is 6.42 Å². The lowest BCUT2D eigenvalue weighted by molar-refractivity contribution is -0.121. The summed E-state index contributed by atoms with van der Waals surface area (Å²) in [5.41, 5.74) is 0. The zero-order valence-corrected chi connectivity index (χ0v) is 8.60. The third-order valence-electron chi connectivity index (χ3n) is 1.96. The first-order valence-corrected chi connectivity index (χ1v) is 4.97. The maximum atomic E-state index is 11.1. The van der Waals surface area contributed by atoms with Crippen LogP contribution in [0.25, 0.3) is 0 Å². The molecule has 1 amide bonds. The second kappa shape index (κ2) is 7.67. The second-order valence-electron chi connectivity index (χ2n) is 3.15. The fourth-order valence-electron chi connectivity index (χ4n) is 1.22. The Labute approximate surface area is 81.1 Å². The van der Waals surface area contributed by atoms with Gasteiger partial charge in [0.05, 0.1) is 0 Å². The monoisotopic (exact) mass is 181 g/mol. The van der Waals surface area contributed by atoms with Crippen LogP contribution in [0.4, 0.5) is 0 Å². The van der Waals surface area contributed by atoms with Crippen molar-refractivity contribution in [2.45, 2.75) is 52.0 Å². The summed E-state index contributed by atoms with van der Waals surface area (Å²) in [6, 6.07) is 0.272. The highest BCUT2D eigenvalue weighted by molar-refractivity contribution is 5.75. The van der Waals surface area contributed by atoms with Crippen molar-refractivity contribution in [3.63, 3.8) is 0 Å². The van der Waals surface area contributed by atoms with Crippen LogP contribution in [-0.4, -0.2) is 11.9 Å². The molecule has 74 valence electrons. The van der Waals surface area contributed by atoms with Gasteiger partial charge in [0.15, 0.2) is 0 Å². The number of rotatable bonds is 6. The Bertz CT molecular complexity index is 181. The van der Waals surface area contributed by atoms with Crippen LogP contribution in [0.3, 0.4) is 0 Å². The largest absolute Gasteiger partial charge is 0.353 e. The Morgan fingerprint density at radius 3 is 2.62 bits per heavy atom. The molecule has 0 saturated heterocycles. The van der Waals surface area contributed by atoms with Crippen LogP contribution in [0.1, 0.15) is 46.0 Å². The normalized spacial score (nSPS) is 11.8. The van der Waals surface area contributed by atoms with Gasteiger partial charge in [0, 0.05) is 18.9 Å². The Hall–Kier alpha value is -0.970. The highest BCUT2D eigenvalue weighted by atomic mass is 16.1. The lowest BCUT2D eigenvalue weighted by Gasteiger charge is -2.16. The summed E-state index contributed by atoms with van der Waals surface area (Å²) in [5, 5.41) is 2.97. The Balaban J connectivity index is 3.80. The van der Waals surface area contributed by atoms with E-state index in [-0.39, 0.29) is 11.9 Å². The van der Waals surface area contributed by atoms with Crippen molar-refractivity contribution in [1.29, 1.82) is 0 Å². The zero-order chi connectivity index (χ0) is 10.1. The van der Waals surface area contributed by atoms with E-state index >= 15 is 0 Å². The average molecular weight is 181 g/mol. The van der Waals surface area contributed by atoms with E-state index in [2.05, 4.69) is 18.2 Å². The van der Waals surface area contributed by atoms with Crippen LogP contribution in [0.15, 0.2) is 0 Å². The van der Waals surface area contributed by atoms with E-state index in [1.165, 1.54) is 0 Å². The molecule has 1 atom stereocenters. The van der Waals surface area contributed by atoms with Crippen LogP contribution in [0, 0.1) is 12.3 Å². The van der Waals surface area contributed by atoms with E-state index < -0.39 is 0 Å². The second-order valence-corrected chi connectivity index (χ2v) is 3.15. The highest BCUT2D eigenvalue weighted by Gasteiger charge is 2.08. The van der Waals surface area contributed by atoms with Crippen molar-refractivity contribution in [2.75, 3.05) is 0 Å². The molecular formula is C11H19NO. The topological polar surface area (TPSA) is 29.1 Å². The molecule has 0 radical (unpaired) electrons. The fraction of sp³-hybridized carbons (Fsp3) is 0.727. The van der Waals surface area contributed by atoms with E-state index in [0.29, 0.717) is 6.42 Å². The first-order valence-electron chi connectivity index (χ1n) is 4.97. The summed E-state index contributed by atoms with van der Waals surface area (Å²) in [7, 11) is 0. The molecule has 0 aromatic heterocycles. The molecule has 0 aliphatic rings. The Morgan fingerprint density at radius 1 is 1.46 bits per heavy atom. The number of nitrogens with one attached hydrogen (secondary N) is 1. The van der Waals surface area contributed by atoms with E-state index in [0.717, 1.165) is 25.7 Å². The minimum absolute atomic E-state index is 0.121. The summed E-state index contributed by atoms with van der Waals surface area (Å²) in [6.45, 7) is 3.97. The van der Waals surface area contributed by atoms with Crippen molar-refractivity contribution < 1.29 is 4.79 Å². The molecule has 0 fully saturated rings. The van der Waals surface area contributed by atoms with E-state index in [1.54, 1.807) is 0 Å². The van der Waals surface area contributed by atoms with Crippen LogP contribution in [0.2, 0.25) is 0 Å². The quantitative estimate of drug-likeness (QED) is 0.625. The van der Waals surface area contributed by atoms with Gasteiger partial charge in [-0.15, -0.1) is 12.3 Å². The molecular weight excluding hydrogens is 162 g/mol. The summed E-state index contributed by atoms with van der Waals surface area (Å²) in [5.74, 6) is 2.72. The summed E-state index contributed by atoms with van der Waals surface area (Å²) in [4.78, 5) is 11.1. The molecule has 1 N–H and O–H groups in total. The molecule has 0 saturated carbocycles. The average Bonchev–Trinajstić information content (AvgIpc) is 2.14. The van der Waals surface area contributed by atoms with Crippen molar-refractivity contribution in [3.05, 3.63) is 0 Å². The van der Waals surface area contributed by atoms with Crippen molar-refractivity contribution in [3.8, 4) is 12.3 Å². The first-order chi connectivity index (χ1) is 6.24. The van der Waals surface area contributed by atoms with Crippen molar-refractivity contribution in [1.82, 2.24) is 5.32 Å². The van der Waals surface area contributed by atoms with Crippen molar-refractivity contribution >= 4 is 5.91 Å². The Morgan fingerprint density at radius 2 is 2.15 bits per heavy atom. The molecule has 0 rings (SSSR count). The molecule has 0 aliphatic heterocycles. The third kappa shape index (κ3) is 6.21. The predicted octanol–water partition coefficient (Wildman–Crippen LogP) is 2.09. The molecule has 13 heavy (non-hydrogen) atoms. The number of carbonyl (C=O) groups is 1. The standard InChI is InChI=1S/C11H19NO/c1-4-7-9-10(8-5-2)12-11(13)6-3/h1,10H,5-9H2,2-3H3,(H,12,13). The predicted molar refractivity (Wildman–Crippen MR) is 55.2 cm³/mol. The number of hydrogen-bond donors (Lipinski definition) is 1. The van der Waals surface area contributed by atoms with E-state index in [1.807, 2.05) is 6.92 Å². The van der Waals surface area contributed by atoms with E-state index in [9.17, 15) is 4.79 Å². The molecule has 0 aliphatic carbocycles. The summed E-state index contributed by atoms with van der Waals surface area (Å²) in [6.07, 6.45) is 9.47. The molecule has 0 heterocycles. The van der Waals surface area contributed by atoms with Gasteiger partial charge in [-0.05, 0) is 12.8 Å². The van der Waals surface area contributed by atoms with Gasteiger partial charge in [-0.1, -0.05) is 20.3 Å². The SMILES string of the molecule is C#CCCC(CCC)NC(=O)CC. The Kier molecular flexibility index (Phi) is 7.10. The molecule has 2 nitrogen and oxygen atoms in total. The first kappa shape index (κ1) is 12.0. The van der Waals surface area contributed by atoms with Gasteiger partial charge in [0.2, 0.25) is 5.91 Å². The summed E-state index contributed by atoms with van der Waals surface area (Å²) < 4.78 is 0. The smallest absolute Gasteiger partial charge is 0.219 e. The minimum atomic E-state index is 0.121. The van der Waals surface area contributed by atoms with Crippen molar-refractivity contribution in [2.24, 2.45) is 0 Å². The highest BCUT2D eigenvalue weighted by Crippen LogP contribution is 2.04. The van der Waals surface area contributed by atoms with Gasteiger partial charge in [-0.25, -0.2) is 0 Å². The molecule has 1 unspecified atom stereocenters. The lowest BCUT2D eigenvalue weighted by Crippen LogP contribution is -2.34. The van der Waals surface area contributed by atoms with Gasteiger partial charge in [0.1, 0.15) is 0 Å².